The quantitative estimate of drug-likeness (QED) is 0.909. The van der Waals surface area contributed by atoms with Crippen LogP contribution in [0.25, 0.3) is 0 Å². The van der Waals surface area contributed by atoms with E-state index in [1.165, 1.54) is 11.1 Å². The Kier molecular flexibility index (Phi) is 4.06. The Bertz CT molecular complexity index is 456. The third-order valence-corrected chi connectivity index (χ3v) is 4.72. The van der Waals surface area contributed by atoms with Gasteiger partial charge in [-0.15, -0.1) is 0 Å². The van der Waals surface area contributed by atoms with Gasteiger partial charge in [0.05, 0.1) is 0 Å². The Morgan fingerprint density at radius 2 is 1.85 bits per heavy atom. The van der Waals surface area contributed by atoms with Crippen LogP contribution in [-0.2, 0) is 11.2 Å². The van der Waals surface area contributed by atoms with Gasteiger partial charge in [0.15, 0.2) is 0 Å². The zero-order valence-corrected chi connectivity index (χ0v) is 12.3. The summed E-state index contributed by atoms with van der Waals surface area (Å²) in [6, 6.07) is 8.63. The van der Waals surface area contributed by atoms with Crippen molar-refractivity contribution in [2.75, 3.05) is 26.2 Å². The highest BCUT2D eigenvalue weighted by Gasteiger charge is 2.37. The lowest BCUT2D eigenvalue weighted by molar-refractivity contribution is -0.130. The Balaban J connectivity index is 1.42. The van der Waals surface area contributed by atoms with E-state index in [-0.39, 0.29) is 0 Å². The minimum Gasteiger partial charge on any atom is -0.342 e. The fraction of sp³-hybridized carbons (Fsp3) is 0.588. The van der Waals surface area contributed by atoms with Crippen LogP contribution in [0.2, 0.25) is 0 Å². The van der Waals surface area contributed by atoms with Crippen LogP contribution >= 0.6 is 0 Å². The van der Waals surface area contributed by atoms with Gasteiger partial charge in [-0.25, -0.2) is 0 Å². The van der Waals surface area contributed by atoms with Gasteiger partial charge < -0.3 is 10.2 Å². The smallest absolute Gasteiger partial charge is 0.222 e. The van der Waals surface area contributed by atoms with Crippen molar-refractivity contribution in [3.8, 4) is 0 Å². The predicted octanol–water partition coefficient (Wildman–Crippen LogP) is 2.00. The first-order chi connectivity index (χ1) is 9.72. The lowest BCUT2D eigenvalue weighted by atomic mass is 10.0. The highest BCUT2D eigenvalue weighted by Crippen LogP contribution is 2.26. The zero-order chi connectivity index (χ0) is 13.9. The minimum absolute atomic E-state index is 0.353. The molecule has 2 saturated heterocycles. The predicted molar refractivity (Wildman–Crippen MR) is 80.5 cm³/mol. The fourth-order valence-electron chi connectivity index (χ4n) is 3.42. The molecule has 20 heavy (non-hydrogen) atoms. The number of nitrogens with zero attached hydrogens (tertiary/aromatic N) is 1. The third-order valence-electron chi connectivity index (χ3n) is 4.72. The SMILES string of the molecule is Cc1ccc(CCCC(=O)N2C[C@H]3CNC[C@H]3C2)cc1. The largest absolute Gasteiger partial charge is 0.342 e. The van der Waals surface area contributed by atoms with Crippen molar-refractivity contribution < 1.29 is 4.79 Å². The van der Waals surface area contributed by atoms with Crippen molar-refractivity contribution in [1.82, 2.24) is 10.2 Å². The van der Waals surface area contributed by atoms with Crippen LogP contribution in [-0.4, -0.2) is 37.0 Å². The number of aryl methyl sites for hydroxylation is 2. The molecule has 1 N–H and O–H groups in total. The lowest BCUT2D eigenvalue weighted by Gasteiger charge is -2.17. The van der Waals surface area contributed by atoms with Crippen molar-refractivity contribution >= 4 is 5.91 Å². The minimum atomic E-state index is 0.353. The van der Waals surface area contributed by atoms with Crippen molar-refractivity contribution in [2.45, 2.75) is 26.2 Å². The summed E-state index contributed by atoms with van der Waals surface area (Å²) in [7, 11) is 0. The van der Waals surface area contributed by atoms with Crippen LogP contribution in [0.15, 0.2) is 24.3 Å². The summed E-state index contributed by atoms with van der Waals surface area (Å²) in [5, 5.41) is 3.41. The van der Waals surface area contributed by atoms with Crippen molar-refractivity contribution in [3.63, 3.8) is 0 Å². The Morgan fingerprint density at radius 3 is 2.50 bits per heavy atom. The van der Waals surface area contributed by atoms with E-state index in [1.54, 1.807) is 0 Å². The summed E-state index contributed by atoms with van der Waals surface area (Å²) in [6.07, 6.45) is 2.67. The first kappa shape index (κ1) is 13.6. The van der Waals surface area contributed by atoms with Gasteiger partial charge in [-0.2, -0.15) is 0 Å². The molecule has 0 spiro atoms. The maximum absolute atomic E-state index is 12.2. The number of hydrogen-bond acceptors (Lipinski definition) is 2. The summed E-state index contributed by atoms with van der Waals surface area (Å²) >= 11 is 0. The van der Waals surface area contributed by atoms with Gasteiger partial charge in [-0.3, -0.25) is 4.79 Å². The molecule has 1 aromatic carbocycles. The van der Waals surface area contributed by atoms with E-state index in [9.17, 15) is 4.79 Å². The molecule has 0 saturated carbocycles. The summed E-state index contributed by atoms with van der Waals surface area (Å²) in [6.45, 7) is 6.24. The molecule has 2 heterocycles. The molecule has 0 aliphatic carbocycles. The molecule has 2 aliphatic heterocycles. The molecular formula is C17H24N2O. The summed E-state index contributed by atoms with van der Waals surface area (Å²) < 4.78 is 0. The molecule has 2 fully saturated rings. The number of rotatable bonds is 4. The van der Waals surface area contributed by atoms with Gasteiger partial charge >= 0.3 is 0 Å². The highest BCUT2D eigenvalue weighted by atomic mass is 16.2. The van der Waals surface area contributed by atoms with E-state index in [4.69, 9.17) is 0 Å². The second-order valence-corrected chi connectivity index (χ2v) is 6.32. The normalized spacial score (nSPS) is 24.9. The molecule has 0 bridgehead atoms. The van der Waals surface area contributed by atoms with Crippen molar-refractivity contribution in [3.05, 3.63) is 35.4 Å². The van der Waals surface area contributed by atoms with E-state index in [0.717, 1.165) is 39.0 Å². The Morgan fingerprint density at radius 1 is 1.20 bits per heavy atom. The monoisotopic (exact) mass is 272 g/mol. The molecule has 0 unspecified atom stereocenters. The van der Waals surface area contributed by atoms with Gasteiger partial charge in [-0.05, 0) is 37.2 Å². The molecule has 1 aromatic rings. The van der Waals surface area contributed by atoms with Crippen LogP contribution in [0.4, 0.5) is 0 Å². The second kappa shape index (κ2) is 5.96. The highest BCUT2D eigenvalue weighted by molar-refractivity contribution is 5.76. The number of carbonyl (C=O) groups is 1. The van der Waals surface area contributed by atoms with Crippen molar-refractivity contribution in [2.24, 2.45) is 11.8 Å². The van der Waals surface area contributed by atoms with Crippen LogP contribution in [0.1, 0.15) is 24.0 Å². The molecule has 2 aliphatic rings. The molecule has 3 heteroatoms. The van der Waals surface area contributed by atoms with Crippen LogP contribution in [0, 0.1) is 18.8 Å². The van der Waals surface area contributed by atoms with Gasteiger partial charge in [0.2, 0.25) is 5.91 Å². The molecule has 108 valence electrons. The molecule has 0 radical (unpaired) electrons. The Hall–Kier alpha value is -1.35. The molecular weight excluding hydrogens is 248 g/mol. The van der Waals surface area contributed by atoms with Gasteiger partial charge in [0, 0.05) is 32.6 Å². The van der Waals surface area contributed by atoms with Gasteiger partial charge in [0.1, 0.15) is 0 Å². The van der Waals surface area contributed by atoms with E-state index >= 15 is 0 Å². The fourth-order valence-corrected chi connectivity index (χ4v) is 3.42. The average molecular weight is 272 g/mol. The van der Waals surface area contributed by atoms with E-state index < -0.39 is 0 Å². The maximum atomic E-state index is 12.2. The first-order valence-corrected chi connectivity index (χ1v) is 7.76. The first-order valence-electron chi connectivity index (χ1n) is 7.76. The summed E-state index contributed by atoms with van der Waals surface area (Å²) in [4.78, 5) is 14.3. The number of amides is 1. The number of fused-ring (bicyclic) bond motifs is 1. The number of hydrogen-bond donors (Lipinski definition) is 1. The van der Waals surface area contributed by atoms with Crippen molar-refractivity contribution in [1.29, 1.82) is 0 Å². The Labute approximate surface area is 121 Å². The second-order valence-electron chi connectivity index (χ2n) is 6.32. The van der Waals surface area contributed by atoms with Crippen LogP contribution < -0.4 is 5.32 Å². The van der Waals surface area contributed by atoms with E-state index in [2.05, 4.69) is 41.4 Å². The van der Waals surface area contributed by atoms with Crippen LogP contribution in [0.3, 0.4) is 0 Å². The zero-order valence-electron chi connectivity index (χ0n) is 12.3. The van der Waals surface area contributed by atoms with E-state index in [1.807, 2.05) is 0 Å². The molecule has 2 atom stereocenters. The molecule has 0 aromatic heterocycles. The third kappa shape index (κ3) is 3.04. The van der Waals surface area contributed by atoms with E-state index in [0.29, 0.717) is 24.2 Å². The van der Waals surface area contributed by atoms with Crippen LogP contribution in [0.5, 0.6) is 0 Å². The molecule has 1 amide bonds. The van der Waals surface area contributed by atoms with Gasteiger partial charge in [0.25, 0.3) is 0 Å². The summed E-state index contributed by atoms with van der Waals surface area (Å²) in [5.41, 5.74) is 2.63. The van der Waals surface area contributed by atoms with Gasteiger partial charge in [-0.1, -0.05) is 29.8 Å². The maximum Gasteiger partial charge on any atom is 0.222 e. The number of benzene rings is 1. The summed E-state index contributed by atoms with van der Waals surface area (Å²) in [5.74, 6) is 1.76. The average Bonchev–Trinajstić information content (AvgIpc) is 3.02. The number of carbonyl (C=O) groups excluding carboxylic acids is 1. The molecule has 3 rings (SSSR count). The molecule has 3 nitrogen and oxygen atoms in total. The number of nitrogens with one attached hydrogen (secondary N) is 1. The standard InChI is InChI=1S/C17H24N2O/c1-13-5-7-14(8-6-13)3-2-4-17(20)19-11-15-9-18-10-16(15)12-19/h5-8,15-16,18H,2-4,9-12H2,1H3/t15-,16+. The topological polar surface area (TPSA) is 32.3 Å². The lowest BCUT2D eigenvalue weighted by Crippen LogP contribution is -2.31. The number of likely N-dealkylation sites (tertiary alicyclic amines) is 1.